The largest absolute Gasteiger partial charge is 0.452 e. The first kappa shape index (κ1) is 24.2. The third-order valence-electron chi connectivity index (χ3n) is 8.29. The number of hydrogen-bond acceptors (Lipinski definition) is 4. The van der Waals surface area contributed by atoms with Gasteiger partial charge >= 0.3 is 0 Å². The summed E-state index contributed by atoms with van der Waals surface area (Å²) in [7, 11) is 0. The first-order valence-corrected chi connectivity index (χ1v) is 15.2. The molecule has 9 aromatic rings. The van der Waals surface area contributed by atoms with E-state index >= 15 is 0 Å². The molecule has 9 rings (SSSR count). The third-order valence-corrected chi connectivity index (χ3v) is 9.43. The molecule has 43 heavy (non-hydrogen) atoms. The van der Waals surface area contributed by atoms with Crippen molar-refractivity contribution in [2.75, 3.05) is 4.90 Å². The summed E-state index contributed by atoms with van der Waals surface area (Å²) in [6, 6.07) is 49.4. The van der Waals surface area contributed by atoms with Crippen LogP contribution in [0.5, 0.6) is 0 Å². The summed E-state index contributed by atoms with van der Waals surface area (Å²) in [6.07, 6.45) is 1.89. The molecule has 3 heterocycles. The van der Waals surface area contributed by atoms with Gasteiger partial charge < -0.3 is 9.32 Å². The van der Waals surface area contributed by atoms with Crippen LogP contribution in [-0.2, 0) is 0 Å². The molecule has 3 aromatic heterocycles. The summed E-state index contributed by atoms with van der Waals surface area (Å²) < 4.78 is 9.19. The second-order valence-corrected chi connectivity index (χ2v) is 11.9. The monoisotopic (exact) mass is 568 g/mol. The summed E-state index contributed by atoms with van der Waals surface area (Å²) in [6.45, 7) is 0. The Morgan fingerprint density at radius 3 is 2.09 bits per heavy atom. The number of fused-ring (bicyclic) bond motifs is 7. The molecule has 6 aromatic carbocycles. The molecule has 0 amide bonds. The molecular weight excluding hydrogens is 545 g/mol. The Morgan fingerprint density at radius 1 is 0.535 bits per heavy atom. The molecule has 0 N–H and O–H groups in total. The molecule has 0 saturated carbocycles. The summed E-state index contributed by atoms with van der Waals surface area (Å²) in [4.78, 5) is 7.12. The zero-order valence-electron chi connectivity index (χ0n) is 23.1. The van der Waals surface area contributed by atoms with Gasteiger partial charge in [0.2, 0.25) is 0 Å². The van der Waals surface area contributed by atoms with Crippen LogP contribution in [0.25, 0.3) is 64.1 Å². The fraction of sp³-hybridized carbons (Fsp3) is 0. The second-order valence-electron chi connectivity index (χ2n) is 10.8. The molecule has 0 aliphatic carbocycles. The standard InChI is InChI=1S/C39H24N2OS/c1-2-8-25(9-3-1)26-14-16-29(17-15-26)41(30-18-19-32-31-12-6-7-13-36(31)43-37(32)24-30)34-20-21-40-38-33-22-27-10-4-5-11-28(27)23-35(33)42-39(34)38/h1-24H. The topological polar surface area (TPSA) is 29.3 Å². The van der Waals surface area contributed by atoms with Gasteiger partial charge in [-0.15, -0.1) is 11.3 Å². The number of nitrogens with zero attached hydrogens (tertiary/aromatic N) is 2. The van der Waals surface area contributed by atoms with E-state index in [0.29, 0.717) is 0 Å². The molecular formula is C39H24N2OS. The predicted octanol–water partition coefficient (Wildman–Crippen LogP) is 11.6. The minimum Gasteiger partial charge on any atom is -0.452 e. The van der Waals surface area contributed by atoms with Crippen molar-refractivity contribution in [1.29, 1.82) is 0 Å². The van der Waals surface area contributed by atoms with Crippen LogP contribution >= 0.6 is 11.3 Å². The van der Waals surface area contributed by atoms with Gasteiger partial charge in [-0.2, -0.15) is 0 Å². The number of pyridine rings is 1. The summed E-state index contributed by atoms with van der Waals surface area (Å²) in [5, 5.41) is 5.92. The Hall–Kier alpha value is -5.45. The van der Waals surface area contributed by atoms with Crippen LogP contribution in [0.4, 0.5) is 17.1 Å². The van der Waals surface area contributed by atoms with E-state index in [9.17, 15) is 0 Å². The van der Waals surface area contributed by atoms with E-state index in [1.807, 2.05) is 17.5 Å². The maximum absolute atomic E-state index is 6.64. The van der Waals surface area contributed by atoms with Crippen molar-refractivity contribution in [1.82, 2.24) is 4.98 Å². The minimum absolute atomic E-state index is 0.774. The highest BCUT2D eigenvalue weighted by atomic mass is 32.1. The van der Waals surface area contributed by atoms with Gasteiger partial charge in [0.25, 0.3) is 0 Å². The summed E-state index contributed by atoms with van der Waals surface area (Å²) in [5.41, 5.74) is 7.94. The zero-order valence-corrected chi connectivity index (χ0v) is 23.9. The van der Waals surface area contributed by atoms with Gasteiger partial charge in [0, 0.05) is 43.1 Å². The maximum atomic E-state index is 6.64. The van der Waals surface area contributed by atoms with Crippen LogP contribution in [-0.4, -0.2) is 4.98 Å². The number of benzene rings is 6. The fourth-order valence-corrected chi connectivity index (χ4v) is 7.36. The molecule has 0 spiro atoms. The SMILES string of the molecule is c1ccc(-c2ccc(N(c3ccc4c(c3)sc3ccccc34)c3ccnc4c3oc3cc5ccccc5cc34)cc2)cc1. The third kappa shape index (κ3) is 3.92. The number of furan rings is 1. The van der Waals surface area contributed by atoms with Gasteiger partial charge in [-0.25, -0.2) is 0 Å². The highest BCUT2D eigenvalue weighted by molar-refractivity contribution is 7.25. The number of hydrogen-bond donors (Lipinski definition) is 0. The lowest BCUT2D eigenvalue weighted by Gasteiger charge is -2.25. The van der Waals surface area contributed by atoms with E-state index in [-0.39, 0.29) is 0 Å². The number of thiophene rings is 1. The van der Waals surface area contributed by atoms with Crippen molar-refractivity contribution in [3.8, 4) is 11.1 Å². The molecule has 0 radical (unpaired) electrons. The molecule has 0 atom stereocenters. The van der Waals surface area contributed by atoms with E-state index in [0.717, 1.165) is 44.5 Å². The van der Waals surface area contributed by atoms with Gasteiger partial charge in [0.1, 0.15) is 11.1 Å². The summed E-state index contributed by atoms with van der Waals surface area (Å²) in [5.74, 6) is 0. The van der Waals surface area contributed by atoms with Gasteiger partial charge in [0.05, 0.1) is 5.69 Å². The molecule has 202 valence electrons. The lowest BCUT2D eigenvalue weighted by Crippen LogP contribution is -2.10. The molecule has 3 nitrogen and oxygen atoms in total. The Labute approximate surface area is 251 Å². The van der Waals surface area contributed by atoms with E-state index < -0.39 is 0 Å². The van der Waals surface area contributed by atoms with Gasteiger partial charge in [-0.3, -0.25) is 4.98 Å². The van der Waals surface area contributed by atoms with Crippen LogP contribution in [0, 0.1) is 0 Å². The first-order valence-electron chi connectivity index (χ1n) is 14.4. The van der Waals surface area contributed by atoms with Crippen molar-refractivity contribution >= 4 is 81.4 Å². The van der Waals surface area contributed by atoms with Crippen molar-refractivity contribution in [3.05, 3.63) is 146 Å². The normalized spacial score (nSPS) is 11.7. The fourth-order valence-electron chi connectivity index (χ4n) is 6.22. The van der Waals surface area contributed by atoms with Crippen LogP contribution in [0.2, 0.25) is 0 Å². The van der Waals surface area contributed by atoms with Crippen LogP contribution in [0.15, 0.2) is 150 Å². The van der Waals surface area contributed by atoms with Gasteiger partial charge in [-0.1, -0.05) is 91.0 Å². The Kier molecular flexibility index (Phi) is 5.37. The lowest BCUT2D eigenvalue weighted by atomic mass is 10.0. The molecule has 0 unspecified atom stereocenters. The maximum Gasteiger partial charge on any atom is 0.177 e. The van der Waals surface area contributed by atoms with E-state index in [2.05, 4.69) is 144 Å². The number of anilines is 3. The number of aromatic nitrogens is 1. The summed E-state index contributed by atoms with van der Waals surface area (Å²) >= 11 is 1.83. The molecule has 4 heteroatoms. The quantitative estimate of drug-likeness (QED) is 0.211. The highest BCUT2D eigenvalue weighted by Crippen LogP contribution is 2.44. The van der Waals surface area contributed by atoms with Crippen molar-refractivity contribution in [2.24, 2.45) is 0 Å². The van der Waals surface area contributed by atoms with E-state index in [1.165, 1.54) is 36.7 Å². The smallest absolute Gasteiger partial charge is 0.177 e. The zero-order chi connectivity index (χ0) is 28.3. The van der Waals surface area contributed by atoms with E-state index in [1.54, 1.807) is 0 Å². The average Bonchev–Trinajstić information content (AvgIpc) is 3.62. The molecule has 0 saturated heterocycles. The minimum atomic E-state index is 0.774. The molecule has 0 bridgehead atoms. The van der Waals surface area contributed by atoms with Crippen molar-refractivity contribution in [3.63, 3.8) is 0 Å². The van der Waals surface area contributed by atoms with Crippen molar-refractivity contribution in [2.45, 2.75) is 0 Å². The molecule has 0 aliphatic heterocycles. The predicted molar refractivity (Wildman–Crippen MR) is 182 cm³/mol. The molecule has 0 aliphatic rings. The first-order chi connectivity index (χ1) is 21.3. The Morgan fingerprint density at radius 2 is 1.23 bits per heavy atom. The second kappa shape index (κ2) is 9.55. The van der Waals surface area contributed by atoms with E-state index in [4.69, 9.17) is 9.40 Å². The van der Waals surface area contributed by atoms with Crippen LogP contribution in [0.3, 0.4) is 0 Å². The van der Waals surface area contributed by atoms with Gasteiger partial charge in [-0.05, 0) is 70.4 Å². The van der Waals surface area contributed by atoms with Crippen LogP contribution < -0.4 is 4.90 Å². The average molecular weight is 569 g/mol. The van der Waals surface area contributed by atoms with Crippen molar-refractivity contribution < 1.29 is 4.42 Å². The molecule has 0 fully saturated rings. The Bertz CT molecular complexity index is 2460. The lowest BCUT2D eigenvalue weighted by molar-refractivity contribution is 0.669. The van der Waals surface area contributed by atoms with Gasteiger partial charge in [0.15, 0.2) is 5.58 Å². The highest BCUT2D eigenvalue weighted by Gasteiger charge is 2.21. The Balaban J connectivity index is 1.28. The number of rotatable bonds is 4. The van der Waals surface area contributed by atoms with Crippen LogP contribution in [0.1, 0.15) is 0 Å².